The zero-order valence-corrected chi connectivity index (χ0v) is 11.6. The lowest BCUT2D eigenvalue weighted by Crippen LogP contribution is -1.94. The number of benzene rings is 1. The molecular formula is C16H17N3O. The molecule has 0 aliphatic rings. The Morgan fingerprint density at radius 1 is 1.15 bits per heavy atom. The van der Waals surface area contributed by atoms with Gasteiger partial charge >= 0.3 is 0 Å². The molecule has 2 N–H and O–H groups in total. The molecule has 4 nitrogen and oxygen atoms in total. The fourth-order valence-electron chi connectivity index (χ4n) is 2.47. The van der Waals surface area contributed by atoms with Crippen molar-refractivity contribution in [3.63, 3.8) is 0 Å². The Balaban J connectivity index is 2.26. The van der Waals surface area contributed by atoms with E-state index in [4.69, 9.17) is 0 Å². The van der Waals surface area contributed by atoms with E-state index >= 15 is 0 Å². The van der Waals surface area contributed by atoms with Gasteiger partial charge in [-0.1, -0.05) is 13.8 Å². The number of aromatic amines is 1. The lowest BCUT2D eigenvalue weighted by Gasteiger charge is -2.10. The summed E-state index contributed by atoms with van der Waals surface area (Å²) in [5.41, 5.74) is 5.02. The van der Waals surface area contributed by atoms with Gasteiger partial charge in [-0.15, -0.1) is 0 Å². The number of rotatable bonds is 3. The summed E-state index contributed by atoms with van der Waals surface area (Å²) >= 11 is 0. The quantitative estimate of drug-likeness (QED) is 0.757. The maximum atomic E-state index is 9.43. The van der Waals surface area contributed by atoms with Crippen LogP contribution in [0, 0.1) is 0 Å². The van der Waals surface area contributed by atoms with Crippen LogP contribution in [0.3, 0.4) is 0 Å². The van der Waals surface area contributed by atoms with E-state index in [-0.39, 0.29) is 5.75 Å². The van der Waals surface area contributed by atoms with Crippen molar-refractivity contribution >= 4 is 11.2 Å². The second-order valence-corrected chi connectivity index (χ2v) is 5.02. The minimum Gasteiger partial charge on any atom is -0.508 e. The predicted octanol–water partition coefficient (Wildman–Crippen LogP) is 3.84. The van der Waals surface area contributed by atoms with Gasteiger partial charge in [0.2, 0.25) is 0 Å². The molecule has 0 amide bonds. The van der Waals surface area contributed by atoms with E-state index < -0.39 is 0 Å². The summed E-state index contributed by atoms with van der Waals surface area (Å²) in [5.74, 6) is 0.662. The monoisotopic (exact) mass is 267 g/mol. The van der Waals surface area contributed by atoms with Crippen molar-refractivity contribution in [3.8, 4) is 17.0 Å². The van der Waals surface area contributed by atoms with Crippen molar-refractivity contribution in [3.05, 3.63) is 42.2 Å². The molecule has 1 atom stereocenters. The summed E-state index contributed by atoms with van der Waals surface area (Å²) in [6.07, 6.45) is 4.46. The van der Waals surface area contributed by atoms with Crippen molar-refractivity contribution in [2.45, 2.75) is 26.2 Å². The van der Waals surface area contributed by atoms with Gasteiger partial charge in [-0.3, -0.25) is 4.98 Å². The third kappa shape index (κ3) is 2.03. The summed E-state index contributed by atoms with van der Waals surface area (Å²) in [7, 11) is 0. The number of aromatic hydroxyl groups is 1. The molecule has 0 bridgehead atoms. The first-order chi connectivity index (χ1) is 9.70. The lowest BCUT2D eigenvalue weighted by molar-refractivity contribution is 0.475. The number of aromatic nitrogens is 3. The van der Waals surface area contributed by atoms with E-state index in [1.807, 2.05) is 12.1 Å². The average molecular weight is 267 g/mol. The number of phenolic OH excluding ortho intramolecular Hbond substituents is 1. The Morgan fingerprint density at radius 2 is 1.85 bits per heavy atom. The molecule has 3 rings (SSSR count). The van der Waals surface area contributed by atoms with Gasteiger partial charge in [0.25, 0.3) is 0 Å². The first-order valence-corrected chi connectivity index (χ1v) is 6.82. The molecular weight excluding hydrogens is 250 g/mol. The van der Waals surface area contributed by atoms with Crippen molar-refractivity contribution in [2.75, 3.05) is 0 Å². The summed E-state index contributed by atoms with van der Waals surface area (Å²) in [6, 6.07) is 7.21. The molecule has 2 aromatic heterocycles. The van der Waals surface area contributed by atoms with Gasteiger partial charge in [0.15, 0.2) is 5.65 Å². The van der Waals surface area contributed by atoms with Crippen LogP contribution in [-0.4, -0.2) is 20.1 Å². The van der Waals surface area contributed by atoms with Gasteiger partial charge in [0, 0.05) is 18.0 Å². The van der Waals surface area contributed by atoms with Gasteiger partial charge in [-0.2, -0.15) is 0 Å². The van der Waals surface area contributed by atoms with Crippen LogP contribution in [0.25, 0.3) is 22.4 Å². The van der Waals surface area contributed by atoms with E-state index in [1.165, 1.54) is 5.56 Å². The Kier molecular flexibility index (Phi) is 3.14. The van der Waals surface area contributed by atoms with Crippen molar-refractivity contribution in [1.82, 2.24) is 15.0 Å². The van der Waals surface area contributed by atoms with Crippen LogP contribution < -0.4 is 0 Å². The molecule has 1 aromatic carbocycles. The highest BCUT2D eigenvalue weighted by Crippen LogP contribution is 2.35. The zero-order valence-electron chi connectivity index (χ0n) is 11.6. The summed E-state index contributed by atoms with van der Waals surface area (Å²) in [5, 5.41) is 9.43. The second-order valence-electron chi connectivity index (χ2n) is 5.02. The number of hydrogen-bond donors (Lipinski definition) is 2. The van der Waals surface area contributed by atoms with Gasteiger partial charge < -0.3 is 10.1 Å². The molecule has 0 spiro atoms. The topological polar surface area (TPSA) is 61.8 Å². The highest BCUT2D eigenvalue weighted by molar-refractivity contribution is 5.85. The van der Waals surface area contributed by atoms with Crippen LogP contribution in [0.2, 0.25) is 0 Å². The fourth-order valence-corrected chi connectivity index (χ4v) is 2.47. The highest BCUT2D eigenvalue weighted by atomic mass is 16.3. The molecule has 0 radical (unpaired) electrons. The van der Waals surface area contributed by atoms with Gasteiger partial charge in [0.05, 0.1) is 5.69 Å². The molecule has 20 heavy (non-hydrogen) atoms. The zero-order chi connectivity index (χ0) is 14.1. The van der Waals surface area contributed by atoms with E-state index in [0.29, 0.717) is 5.92 Å². The Morgan fingerprint density at radius 3 is 2.55 bits per heavy atom. The smallest absolute Gasteiger partial charge is 0.156 e. The number of H-pyrrole nitrogens is 1. The molecule has 1 unspecified atom stereocenters. The van der Waals surface area contributed by atoms with Gasteiger partial charge in [-0.25, -0.2) is 4.98 Å². The molecule has 0 saturated heterocycles. The molecule has 0 aliphatic heterocycles. The maximum absolute atomic E-state index is 9.43. The normalized spacial score (nSPS) is 12.7. The molecule has 2 heterocycles. The predicted molar refractivity (Wildman–Crippen MR) is 79.7 cm³/mol. The summed E-state index contributed by atoms with van der Waals surface area (Å²) in [4.78, 5) is 12.2. The minimum atomic E-state index is 0.270. The van der Waals surface area contributed by atoms with Crippen molar-refractivity contribution in [2.24, 2.45) is 0 Å². The van der Waals surface area contributed by atoms with E-state index in [9.17, 15) is 5.11 Å². The number of fused-ring (bicyclic) bond motifs is 1. The van der Waals surface area contributed by atoms with Gasteiger partial charge in [-0.05, 0) is 42.2 Å². The average Bonchev–Trinajstić information content (AvgIpc) is 2.86. The molecule has 3 aromatic rings. The van der Waals surface area contributed by atoms with Crippen LogP contribution in [0.5, 0.6) is 5.75 Å². The SMILES string of the molecule is CCC(C)c1c(-c2ccc(O)cc2)[nH]c2nccnc12. The standard InChI is InChI=1S/C16H17N3O/c1-3-10(2)13-14(11-4-6-12(20)7-5-11)19-16-15(13)17-8-9-18-16/h4-10,20H,3H2,1-2H3,(H,18,19). The van der Waals surface area contributed by atoms with Crippen LogP contribution in [0.1, 0.15) is 31.7 Å². The van der Waals surface area contributed by atoms with Crippen LogP contribution >= 0.6 is 0 Å². The number of hydrogen-bond acceptors (Lipinski definition) is 3. The Labute approximate surface area is 117 Å². The first-order valence-electron chi connectivity index (χ1n) is 6.82. The lowest BCUT2D eigenvalue weighted by atomic mass is 9.95. The molecule has 102 valence electrons. The van der Waals surface area contributed by atoms with Gasteiger partial charge in [0.1, 0.15) is 11.3 Å². The number of phenols is 1. The largest absolute Gasteiger partial charge is 0.508 e. The van der Waals surface area contributed by atoms with Crippen molar-refractivity contribution < 1.29 is 5.11 Å². The fraction of sp³-hybridized carbons (Fsp3) is 0.250. The third-order valence-electron chi connectivity index (χ3n) is 3.73. The van der Waals surface area contributed by atoms with E-state index in [0.717, 1.165) is 28.8 Å². The second kappa shape index (κ2) is 4.96. The molecule has 0 fully saturated rings. The molecule has 0 saturated carbocycles. The van der Waals surface area contributed by atoms with Crippen LogP contribution in [-0.2, 0) is 0 Å². The van der Waals surface area contributed by atoms with Crippen LogP contribution in [0.15, 0.2) is 36.7 Å². The first kappa shape index (κ1) is 12.7. The third-order valence-corrected chi connectivity index (χ3v) is 3.73. The molecule has 4 heteroatoms. The molecule has 0 aliphatic carbocycles. The van der Waals surface area contributed by atoms with Crippen LogP contribution in [0.4, 0.5) is 0 Å². The maximum Gasteiger partial charge on any atom is 0.156 e. The van der Waals surface area contributed by atoms with E-state index in [1.54, 1.807) is 24.5 Å². The summed E-state index contributed by atoms with van der Waals surface area (Å²) < 4.78 is 0. The number of nitrogens with zero attached hydrogens (tertiary/aromatic N) is 2. The number of nitrogens with one attached hydrogen (secondary N) is 1. The Hall–Kier alpha value is -2.36. The Bertz CT molecular complexity index is 731. The highest BCUT2D eigenvalue weighted by Gasteiger charge is 2.19. The minimum absolute atomic E-state index is 0.270. The van der Waals surface area contributed by atoms with E-state index in [2.05, 4.69) is 28.8 Å². The van der Waals surface area contributed by atoms with Crippen molar-refractivity contribution in [1.29, 1.82) is 0 Å². The summed E-state index contributed by atoms with van der Waals surface area (Å²) in [6.45, 7) is 4.36.